The van der Waals surface area contributed by atoms with E-state index >= 15 is 0 Å². The topological polar surface area (TPSA) is 55.3 Å². The zero-order valence-electron chi connectivity index (χ0n) is 18.2. The molecule has 2 rings (SSSR count). The van der Waals surface area contributed by atoms with Gasteiger partial charge in [0, 0.05) is 33.8 Å². The van der Waals surface area contributed by atoms with Gasteiger partial charge in [-0.15, -0.1) is 0 Å². The SMILES string of the molecule is CCOCc1ccccc1CNC(=NC)N(C)CCc1ccc(OC)c(OC)c1. The minimum Gasteiger partial charge on any atom is -0.493 e. The molecule has 29 heavy (non-hydrogen) atoms. The fourth-order valence-electron chi connectivity index (χ4n) is 3.08. The molecule has 0 aliphatic heterocycles. The molecular formula is C23H33N3O3. The maximum Gasteiger partial charge on any atom is 0.193 e. The van der Waals surface area contributed by atoms with Gasteiger partial charge >= 0.3 is 0 Å². The molecule has 6 heteroatoms. The molecule has 0 amide bonds. The van der Waals surface area contributed by atoms with E-state index in [9.17, 15) is 0 Å². The molecular weight excluding hydrogens is 366 g/mol. The van der Waals surface area contributed by atoms with Crippen LogP contribution in [0.4, 0.5) is 0 Å². The minimum absolute atomic E-state index is 0.627. The highest BCUT2D eigenvalue weighted by molar-refractivity contribution is 5.79. The van der Waals surface area contributed by atoms with Crippen molar-refractivity contribution in [3.05, 3.63) is 59.2 Å². The number of hydrogen-bond acceptors (Lipinski definition) is 4. The summed E-state index contributed by atoms with van der Waals surface area (Å²) in [5.74, 6) is 2.35. The molecule has 2 aromatic rings. The fourth-order valence-corrected chi connectivity index (χ4v) is 3.08. The Balaban J connectivity index is 1.94. The van der Waals surface area contributed by atoms with Gasteiger partial charge in [-0.1, -0.05) is 30.3 Å². The maximum absolute atomic E-state index is 5.58. The van der Waals surface area contributed by atoms with Crippen molar-refractivity contribution in [2.75, 3.05) is 41.5 Å². The highest BCUT2D eigenvalue weighted by Gasteiger charge is 2.09. The van der Waals surface area contributed by atoms with Gasteiger partial charge in [-0.05, 0) is 42.2 Å². The van der Waals surface area contributed by atoms with E-state index in [-0.39, 0.29) is 0 Å². The van der Waals surface area contributed by atoms with Gasteiger partial charge < -0.3 is 24.4 Å². The van der Waals surface area contributed by atoms with Crippen LogP contribution in [0.15, 0.2) is 47.5 Å². The zero-order chi connectivity index (χ0) is 21.1. The Bertz CT molecular complexity index is 793. The quantitative estimate of drug-likeness (QED) is 0.490. The van der Waals surface area contributed by atoms with Crippen molar-refractivity contribution >= 4 is 5.96 Å². The summed E-state index contributed by atoms with van der Waals surface area (Å²) in [4.78, 5) is 6.55. The van der Waals surface area contributed by atoms with Gasteiger partial charge in [0.1, 0.15) is 0 Å². The molecule has 6 nitrogen and oxygen atoms in total. The van der Waals surface area contributed by atoms with Crippen LogP contribution in [0, 0.1) is 0 Å². The number of aliphatic imine (C=N–C) groups is 1. The second-order valence-corrected chi connectivity index (χ2v) is 6.67. The van der Waals surface area contributed by atoms with Gasteiger partial charge in [0.15, 0.2) is 17.5 Å². The molecule has 2 aromatic carbocycles. The molecule has 0 saturated heterocycles. The van der Waals surface area contributed by atoms with Crippen molar-refractivity contribution < 1.29 is 14.2 Å². The van der Waals surface area contributed by atoms with Crippen LogP contribution in [-0.4, -0.2) is 52.3 Å². The summed E-state index contributed by atoms with van der Waals surface area (Å²) in [5, 5.41) is 3.46. The van der Waals surface area contributed by atoms with E-state index in [0.717, 1.165) is 30.4 Å². The molecule has 0 saturated carbocycles. The molecule has 0 aromatic heterocycles. The number of methoxy groups -OCH3 is 2. The van der Waals surface area contributed by atoms with E-state index in [1.165, 1.54) is 16.7 Å². The van der Waals surface area contributed by atoms with Gasteiger partial charge in [0.2, 0.25) is 0 Å². The Labute approximate surface area is 174 Å². The Morgan fingerprint density at radius 1 is 1.03 bits per heavy atom. The van der Waals surface area contributed by atoms with Crippen LogP contribution in [0.3, 0.4) is 0 Å². The van der Waals surface area contributed by atoms with Crippen LogP contribution in [0.1, 0.15) is 23.6 Å². The van der Waals surface area contributed by atoms with E-state index in [0.29, 0.717) is 19.8 Å². The standard InChI is InChI=1S/C23H33N3O3/c1-6-29-17-20-10-8-7-9-19(20)16-25-23(24-2)26(3)14-13-18-11-12-21(27-4)22(15-18)28-5/h7-12,15H,6,13-14,16-17H2,1-5H3,(H,24,25). The predicted molar refractivity (Wildman–Crippen MR) is 118 cm³/mol. The number of likely N-dealkylation sites (N-methyl/N-ethyl adjacent to an activating group) is 1. The molecule has 158 valence electrons. The first kappa shape index (κ1) is 22.6. The summed E-state index contributed by atoms with van der Waals surface area (Å²) in [5.41, 5.74) is 3.60. The van der Waals surface area contributed by atoms with Crippen LogP contribution in [0.5, 0.6) is 11.5 Å². The van der Waals surface area contributed by atoms with Crippen LogP contribution in [-0.2, 0) is 24.3 Å². The van der Waals surface area contributed by atoms with E-state index in [2.05, 4.69) is 39.5 Å². The third kappa shape index (κ3) is 6.68. The lowest BCUT2D eigenvalue weighted by Gasteiger charge is -2.23. The number of nitrogens with one attached hydrogen (secondary N) is 1. The highest BCUT2D eigenvalue weighted by atomic mass is 16.5. The number of benzene rings is 2. The van der Waals surface area contributed by atoms with Gasteiger partial charge in [0.05, 0.1) is 20.8 Å². The van der Waals surface area contributed by atoms with E-state index in [4.69, 9.17) is 14.2 Å². The van der Waals surface area contributed by atoms with E-state index in [1.807, 2.05) is 32.2 Å². The summed E-state index contributed by atoms with van der Waals surface area (Å²) in [6.45, 7) is 4.88. The largest absolute Gasteiger partial charge is 0.493 e. The average Bonchev–Trinajstić information content (AvgIpc) is 2.76. The second-order valence-electron chi connectivity index (χ2n) is 6.67. The molecule has 0 heterocycles. The average molecular weight is 400 g/mol. The molecule has 0 aliphatic carbocycles. The van der Waals surface area contributed by atoms with Crippen molar-refractivity contribution in [3.63, 3.8) is 0 Å². The minimum atomic E-state index is 0.627. The van der Waals surface area contributed by atoms with Gasteiger partial charge in [-0.25, -0.2) is 0 Å². The molecule has 0 aliphatic rings. The molecule has 0 radical (unpaired) electrons. The van der Waals surface area contributed by atoms with E-state index < -0.39 is 0 Å². The van der Waals surface area contributed by atoms with Crippen LogP contribution in [0.2, 0.25) is 0 Å². The van der Waals surface area contributed by atoms with Gasteiger partial charge in [-0.3, -0.25) is 4.99 Å². The second kappa shape index (κ2) is 12.0. The Hall–Kier alpha value is -2.73. The van der Waals surface area contributed by atoms with Crippen molar-refractivity contribution in [3.8, 4) is 11.5 Å². The summed E-state index contributed by atoms with van der Waals surface area (Å²) in [6.07, 6.45) is 0.873. The van der Waals surface area contributed by atoms with Gasteiger partial charge in [0.25, 0.3) is 0 Å². The fraction of sp³-hybridized carbons (Fsp3) is 0.435. The van der Waals surface area contributed by atoms with Crippen LogP contribution in [0.25, 0.3) is 0 Å². The monoisotopic (exact) mass is 399 g/mol. The number of hydrogen-bond donors (Lipinski definition) is 1. The van der Waals surface area contributed by atoms with Crippen molar-refractivity contribution in [1.82, 2.24) is 10.2 Å². The van der Waals surface area contributed by atoms with Crippen LogP contribution < -0.4 is 14.8 Å². The van der Waals surface area contributed by atoms with Crippen molar-refractivity contribution in [2.45, 2.75) is 26.5 Å². The smallest absolute Gasteiger partial charge is 0.193 e. The first-order valence-electron chi connectivity index (χ1n) is 9.90. The molecule has 0 fully saturated rings. The van der Waals surface area contributed by atoms with Crippen molar-refractivity contribution in [2.24, 2.45) is 4.99 Å². The third-order valence-corrected chi connectivity index (χ3v) is 4.77. The molecule has 0 bridgehead atoms. The third-order valence-electron chi connectivity index (χ3n) is 4.77. The van der Waals surface area contributed by atoms with Crippen LogP contribution >= 0.6 is 0 Å². The highest BCUT2D eigenvalue weighted by Crippen LogP contribution is 2.27. The number of ether oxygens (including phenoxy) is 3. The summed E-state index contributed by atoms with van der Waals surface area (Å²) in [6, 6.07) is 14.4. The normalized spacial score (nSPS) is 11.3. The van der Waals surface area contributed by atoms with E-state index in [1.54, 1.807) is 21.3 Å². The molecule has 1 N–H and O–H groups in total. The molecule has 0 unspecified atom stereocenters. The summed E-state index contributed by atoms with van der Waals surface area (Å²) >= 11 is 0. The predicted octanol–water partition coefficient (Wildman–Crippen LogP) is 3.49. The Morgan fingerprint density at radius 3 is 2.41 bits per heavy atom. The summed E-state index contributed by atoms with van der Waals surface area (Å²) in [7, 11) is 7.15. The first-order valence-corrected chi connectivity index (χ1v) is 9.90. The number of rotatable bonds is 10. The van der Waals surface area contributed by atoms with Gasteiger partial charge in [-0.2, -0.15) is 0 Å². The summed E-state index contributed by atoms with van der Waals surface area (Å²) < 4.78 is 16.3. The maximum atomic E-state index is 5.58. The molecule has 0 atom stereocenters. The Kier molecular flexibility index (Phi) is 9.31. The zero-order valence-corrected chi connectivity index (χ0v) is 18.2. The molecule has 0 spiro atoms. The Morgan fingerprint density at radius 2 is 1.76 bits per heavy atom. The lowest BCUT2D eigenvalue weighted by Crippen LogP contribution is -2.39. The first-order chi connectivity index (χ1) is 14.1. The lowest BCUT2D eigenvalue weighted by atomic mass is 10.1. The number of guanidine groups is 1. The number of nitrogens with zero attached hydrogens (tertiary/aromatic N) is 2. The lowest BCUT2D eigenvalue weighted by molar-refractivity contribution is 0.133. The van der Waals surface area contributed by atoms with Crippen molar-refractivity contribution in [1.29, 1.82) is 0 Å².